The molecule has 40 heavy (non-hydrogen) atoms. The lowest BCUT2D eigenvalue weighted by Gasteiger charge is -2.34. The molecule has 1 aliphatic carbocycles. The Morgan fingerprint density at radius 1 is 0.475 bits per heavy atom. The van der Waals surface area contributed by atoms with Gasteiger partial charge in [0.15, 0.2) is 0 Å². The molecular weight excluding hydrogens is 550 g/mol. The number of para-hydroxylation sites is 1. The molecule has 8 rings (SSSR count). The fraction of sp³-hybridized carbons (Fsp3) is 0.0263. The second-order valence-corrected chi connectivity index (χ2v) is 11.4. The second kappa shape index (κ2) is 9.01. The van der Waals surface area contributed by atoms with Gasteiger partial charge in [-0.15, -0.1) is 0 Å². The molecule has 1 nitrogen and oxygen atoms in total. The molecule has 0 saturated carbocycles. The van der Waals surface area contributed by atoms with Crippen molar-refractivity contribution in [3.05, 3.63) is 172 Å². The van der Waals surface area contributed by atoms with Gasteiger partial charge in [0.05, 0.1) is 16.6 Å². The summed E-state index contributed by atoms with van der Waals surface area (Å²) in [6.45, 7) is 0. The van der Waals surface area contributed by atoms with Crippen LogP contribution < -0.4 is 0 Å². The molecule has 0 saturated heterocycles. The van der Waals surface area contributed by atoms with Crippen molar-refractivity contribution in [2.24, 2.45) is 0 Å². The van der Waals surface area contributed by atoms with Crippen LogP contribution in [0.5, 0.6) is 0 Å². The van der Waals surface area contributed by atoms with Gasteiger partial charge in [-0.3, -0.25) is 0 Å². The molecule has 0 N–H and O–H groups in total. The maximum atomic E-state index is 5.22. The average Bonchev–Trinajstić information content (AvgIpc) is 3.31. The van der Waals surface area contributed by atoms with Gasteiger partial charge in [0.25, 0.3) is 0 Å². The molecule has 0 spiro atoms. The van der Waals surface area contributed by atoms with Gasteiger partial charge >= 0.3 is 0 Å². The van der Waals surface area contributed by atoms with Gasteiger partial charge in [0, 0.05) is 20.8 Å². The lowest BCUT2D eigenvalue weighted by atomic mass is 9.67. The van der Waals surface area contributed by atoms with E-state index in [-0.39, 0.29) is 0 Å². The predicted molar refractivity (Wildman–Crippen MR) is 170 cm³/mol. The Morgan fingerprint density at radius 3 is 1.82 bits per heavy atom. The van der Waals surface area contributed by atoms with Crippen LogP contribution in [-0.2, 0) is 5.41 Å². The molecule has 188 valence electrons. The van der Waals surface area contributed by atoms with Crippen molar-refractivity contribution in [1.82, 2.24) is 4.98 Å². The first kappa shape index (κ1) is 23.4. The van der Waals surface area contributed by atoms with Crippen molar-refractivity contribution < 1.29 is 0 Å². The van der Waals surface area contributed by atoms with Crippen LogP contribution in [0.3, 0.4) is 0 Å². The Bertz CT molecular complexity index is 2010. The molecule has 7 aromatic rings. The van der Waals surface area contributed by atoms with Crippen LogP contribution in [0.25, 0.3) is 44.1 Å². The summed E-state index contributed by atoms with van der Waals surface area (Å²) in [5, 5.41) is 3.57. The second-order valence-electron chi connectivity index (χ2n) is 10.5. The third kappa shape index (κ3) is 3.30. The first-order valence-corrected chi connectivity index (χ1v) is 14.4. The van der Waals surface area contributed by atoms with Crippen LogP contribution in [0.1, 0.15) is 22.3 Å². The predicted octanol–water partition coefficient (Wildman–Crippen LogP) is 10.2. The third-order valence-electron chi connectivity index (χ3n) is 8.40. The molecule has 0 bridgehead atoms. The monoisotopic (exact) mass is 573 g/mol. The van der Waals surface area contributed by atoms with Gasteiger partial charge in [-0.05, 0) is 69.1 Å². The minimum atomic E-state index is -0.426. The van der Waals surface area contributed by atoms with Crippen molar-refractivity contribution in [3.63, 3.8) is 0 Å². The van der Waals surface area contributed by atoms with Crippen LogP contribution >= 0.6 is 15.9 Å². The number of halogens is 1. The zero-order valence-corrected chi connectivity index (χ0v) is 23.3. The minimum Gasteiger partial charge on any atom is -0.247 e. The number of hydrogen-bond acceptors (Lipinski definition) is 1. The van der Waals surface area contributed by atoms with Gasteiger partial charge in [-0.25, -0.2) is 4.98 Å². The molecule has 1 aliphatic rings. The smallest absolute Gasteiger partial charge is 0.0788 e. The van der Waals surface area contributed by atoms with E-state index >= 15 is 0 Å². The number of benzene rings is 6. The zero-order valence-electron chi connectivity index (χ0n) is 21.7. The number of rotatable bonds is 3. The highest BCUT2D eigenvalue weighted by Crippen LogP contribution is 2.57. The maximum absolute atomic E-state index is 5.22. The van der Waals surface area contributed by atoms with E-state index < -0.39 is 5.41 Å². The van der Waals surface area contributed by atoms with Crippen molar-refractivity contribution in [1.29, 1.82) is 0 Å². The topological polar surface area (TPSA) is 12.9 Å². The van der Waals surface area contributed by atoms with Crippen molar-refractivity contribution in [2.75, 3.05) is 0 Å². The van der Waals surface area contributed by atoms with Crippen molar-refractivity contribution >= 4 is 37.6 Å². The summed E-state index contributed by atoms with van der Waals surface area (Å²) in [5.74, 6) is 0. The number of aromatic nitrogens is 1. The molecule has 1 heterocycles. The van der Waals surface area contributed by atoms with Crippen LogP contribution in [0, 0.1) is 0 Å². The fourth-order valence-electron chi connectivity index (χ4n) is 6.71. The van der Waals surface area contributed by atoms with Crippen molar-refractivity contribution in [3.8, 4) is 22.4 Å². The van der Waals surface area contributed by atoms with Crippen LogP contribution in [-0.4, -0.2) is 4.98 Å². The van der Waals surface area contributed by atoms with E-state index in [9.17, 15) is 0 Å². The summed E-state index contributed by atoms with van der Waals surface area (Å²) in [6.07, 6.45) is 0. The summed E-state index contributed by atoms with van der Waals surface area (Å²) < 4.78 is 1.06. The summed E-state index contributed by atoms with van der Waals surface area (Å²) in [6, 6.07) is 52.8. The van der Waals surface area contributed by atoms with E-state index in [1.54, 1.807) is 0 Å². The highest BCUT2D eigenvalue weighted by Gasteiger charge is 2.46. The molecule has 0 unspecified atom stereocenters. The Labute approximate surface area is 241 Å². The molecule has 0 fully saturated rings. The number of fused-ring (bicyclic) bond motifs is 6. The van der Waals surface area contributed by atoms with Crippen molar-refractivity contribution in [2.45, 2.75) is 5.41 Å². The van der Waals surface area contributed by atoms with Gasteiger partial charge in [0.2, 0.25) is 0 Å². The Kier molecular flexibility index (Phi) is 5.26. The lowest BCUT2D eigenvalue weighted by Crippen LogP contribution is -2.28. The van der Waals surface area contributed by atoms with Gasteiger partial charge in [-0.2, -0.15) is 0 Å². The molecule has 0 atom stereocenters. The molecule has 1 aromatic heterocycles. The largest absolute Gasteiger partial charge is 0.247 e. The third-order valence-corrected chi connectivity index (χ3v) is 8.92. The van der Waals surface area contributed by atoms with E-state index in [0.29, 0.717) is 0 Å². The quantitative estimate of drug-likeness (QED) is 0.191. The fourth-order valence-corrected chi connectivity index (χ4v) is 6.98. The first-order valence-electron chi connectivity index (χ1n) is 13.6. The number of pyridine rings is 1. The van der Waals surface area contributed by atoms with E-state index in [0.717, 1.165) is 21.2 Å². The lowest BCUT2D eigenvalue weighted by molar-refractivity contribution is 0.769. The molecule has 6 aromatic carbocycles. The number of hydrogen-bond donors (Lipinski definition) is 0. The first-order chi connectivity index (χ1) is 19.7. The highest BCUT2D eigenvalue weighted by atomic mass is 79.9. The highest BCUT2D eigenvalue weighted by molar-refractivity contribution is 9.10. The minimum absolute atomic E-state index is 0.426. The van der Waals surface area contributed by atoms with Crippen LogP contribution in [0.4, 0.5) is 0 Å². The zero-order chi connectivity index (χ0) is 26.7. The van der Waals surface area contributed by atoms with E-state index in [4.69, 9.17) is 4.98 Å². The number of nitrogens with zero attached hydrogens (tertiary/aromatic N) is 1. The van der Waals surface area contributed by atoms with E-state index in [1.807, 2.05) is 0 Å². The van der Waals surface area contributed by atoms with Gasteiger partial charge in [0.1, 0.15) is 0 Å². The Hall–Kier alpha value is -4.53. The molecule has 2 heteroatoms. The summed E-state index contributed by atoms with van der Waals surface area (Å²) in [7, 11) is 0. The van der Waals surface area contributed by atoms with Gasteiger partial charge < -0.3 is 0 Å². The normalized spacial score (nSPS) is 13.3. The van der Waals surface area contributed by atoms with E-state index in [1.165, 1.54) is 49.5 Å². The molecular formula is C38H24BrN. The maximum Gasteiger partial charge on any atom is 0.0788 e. The van der Waals surface area contributed by atoms with E-state index in [2.05, 4.69) is 162 Å². The summed E-state index contributed by atoms with van der Waals surface area (Å²) in [5.41, 5.74) is 10.4. The van der Waals surface area contributed by atoms with Crippen LogP contribution in [0.15, 0.2) is 150 Å². The Morgan fingerprint density at radius 2 is 1.10 bits per heavy atom. The SMILES string of the molecule is Brc1ccc(-c2nc3ccccc3c3cc4c(cc23)-c2ccccc2C4(c2ccccc2)c2ccccc2)cc1. The standard InChI is InChI=1S/C38H24BrN/c39-28-21-19-25(20-22-28)37-33-23-32-29-15-7-9-17-34(29)38(26-11-3-1-4-12-26,27-13-5-2-6-14-27)35(32)24-31(33)30-16-8-10-18-36(30)40-37/h1-24H. The Balaban J connectivity index is 1.57. The van der Waals surface area contributed by atoms with Gasteiger partial charge in [-0.1, -0.05) is 131 Å². The average molecular weight is 575 g/mol. The molecule has 0 radical (unpaired) electrons. The summed E-state index contributed by atoms with van der Waals surface area (Å²) >= 11 is 3.60. The molecule has 0 aliphatic heterocycles. The van der Waals surface area contributed by atoms with Crippen LogP contribution in [0.2, 0.25) is 0 Å². The molecule has 0 amide bonds. The summed E-state index contributed by atoms with van der Waals surface area (Å²) in [4.78, 5) is 5.22.